The number of carbonyl (C=O) groups excluding carboxylic acids is 2. The lowest BCUT2D eigenvalue weighted by molar-refractivity contribution is 0.0525. The molecule has 2 aromatic carbocycles. The molecular weight excluding hydrogens is 423 g/mol. The number of thioether (sulfide) groups is 2. The van der Waals surface area contributed by atoms with Gasteiger partial charge in [-0.2, -0.15) is 0 Å². The maximum absolute atomic E-state index is 14.3. The monoisotopic (exact) mass is 446 g/mol. The van der Waals surface area contributed by atoms with Gasteiger partial charge >= 0.3 is 5.97 Å². The van der Waals surface area contributed by atoms with Crippen molar-refractivity contribution in [2.75, 3.05) is 25.7 Å². The molecule has 0 saturated carbocycles. The number of benzene rings is 2. The van der Waals surface area contributed by atoms with Crippen LogP contribution in [0.1, 0.15) is 45.2 Å². The quantitative estimate of drug-likeness (QED) is 0.240. The third kappa shape index (κ3) is 4.57. The van der Waals surface area contributed by atoms with Crippen molar-refractivity contribution in [3.63, 3.8) is 0 Å². The first-order valence-electron chi connectivity index (χ1n) is 9.50. The van der Waals surface area contributed by atoms with Gasteiger partial charge in [-0.1, -0.05) is 6.07 Å². The predicted molar refractivity (Wildman–Crippen MR) is 121 cm³/mol. The highest BCUT2D eigenvalue weighted by molar-refractivity contribution is 8.16. The molecule has 1 aliphatic heterocycles. The lowest BCUT2D eigenvalue weighted by Gasteiger charge is -2.36. The van der Waals surface area contributed by atoms with Crippen molar-refractivity contribution >= 4 is 41.4 Å². The molecule has 0 radical (unpaired) electrons. The molecule has 0 saturated heterocycles. The highest BCUT2D eigenvalue weighted by atomic mass is 32.2. The van der Waals surface area contributed by atoms with Crippen molar-refractivity contribution < 1.29 is 23.5 Å². The Bertz CT molecular complexity index is 983. The highest BCUT2D eigenvalue weighted by Crippen LogP contribution is 2.52. The van der Waals surface area contributed by atoms with Gasteiger partial charge in [0.25, 0.3) is 0 Å². The Kier molecular flexibility index (Phi) is 7.26. The predicted octanol–water partition coefficient (Wildman–Crippen LogP) is 5.56. The van der Waals surface area contributed by atoms with E-state index in [1.54, 1.807) is 36.5 Å². The molecule has 30 heavy (non-hydrogen) atoms. The Morgan fingerprint density at radius 1 is 1.17 bits per heavy atom. The van der Waals surface area contributed by atoms with Crippen LogP contribution in [0.5, 0.6) is 5.75 Å². The fourth-order valence-corrected chi connectivity index (χ4v) is 5.31. The van der Waals surface area contributed by atoms with Gasteiger partial charge in [-0.15, -0.1) is 23.5 Å². The molecule has 0 spiro atoms. The van der Waals surface area contributed by atoms with Gasteiger partial charge in [-0.3, -0.25) is 4.79 Å². The van der Waals surface area contributed by atoms with Crippen LogP contribution in [-0.2, 0) is 8.82 Å². The Morgan fingerprint density at radius 2 is 1.90 bits per heavy atom. The third-order valence-corrected chi connectivity index (χ3v) is 8.12. The molecule has 0 bridgehead atoms. The van der Waals surface area contributed by atoms with Crippen LogP contribution in [0, 0.1) is 5.82 Å². The van der Waals surface area contributed by atoms with Gasteiger partial charge in [-0.05, 0) is 61.9 Å². The van der Waals surface area contributed by atoms with Crippen molar-refractivity contribution in [2.24, 2.45) is 0 Å². The standard InChI is InChI=1S/C23H23FO4S2/c1-4-27-22(26)17-6-5-15(19(24)14-17)7-9-20(25)16-8-10-21-18(13-16)23(29-2,30-3)11-12-28-21/h5-10,13-14H,4,11-12H2,1-3H3. The Balaban J connectivity index is 1.83. The number of allylic oxidation sites excluding steroid dienone is 1. The number of hydrogen-bond acceptors (Lipinski definition) is 6. The molecule has 0 N–H and O–H groups in total. The van der Waals surface area contributed by atoms with E-state index >= 15 is 0 Å². The highest BCUT2D eigenvalue weighted by Gasteiger charge is 2.37. The SMILES string of the molecule is CCOC(=O)c1ccc(C=CC(=O)c2ccc3c(c2)C(SC)(SC)CCO3)c(F)c1. The van der Waals surface area contributed by atoms with Gasteiger partial charge in [-0.25, -0.2) is 9.18 Å². The number of esters is 1. The molecule has 158 valence electrons. The first-order chi connectivity index (χ1) is 14.4. The van der Waals surface area contributed by atoms with E-state index in [0.29, 0.717) is 12.2 Å². The molecule has 4 nitrogen and oxygen atoms in total. The fourth-order valence-electron chi connectivity index (χ4n) is 3.31. The summed E-state index contributed by atoms with van der Waals surface area (Å²) in [4.78, 5) is 24.4. The summed E-state index contributed by atoms with van der Waals surface area (Å²) in [6, 6.07) is 9.47. The number of fused-ring (bicyclic) bond motifs is 1. The number of hydrogen-bond donors (Lipinski definition) is 0. The van der Waals surface area contributed by atoms with Gasteiger partial charge in [0.1, 0.15) is 11.6 Å². The van der Waals surface area contributed by atoms with Crippen LogP contribution < -0.4 is 4.74 Å². The molecule has 1 heterocycles. The number of ether oxygens (including phenoxy) is 2. The lowest BCUT2D eigenvalue weighted by atomic mass is 9.99. The minimum atomic E-state index is -0.591. The zero-order valence-electron chi connectivity index (χ0n) is 17.1. The van der Waals surface area contributed by atoms with Gasteiger partial charge in [0.05, 0.1) is 22.9 Å². The summed E-state index contributed by atoms with van der Waals surface area (Å²) >= 11 is 3.48. The van der Waals surface area contributed by atoms with E-state index < -0.39 is 11.8 Å². The summed E-state index contributed by atoms with van der Waals surface area (Å²) in [5.74, 6) is -0.600. The van der Waals surface area contributed by atoms with Gasteiger partial charge in [0.2, 0.25) is 0 Å². The summed E-state index contributed by atoms with van der Waals surface area (Å²) in [6.45, 7) is 2.55. The first-order valence-corrected chi connectivity index (χ1v) is 12.0. The van der Waals surface area contributed by atoms with Crippen LogP contribution in [0.4, 0.5) is 4.39 Å². The van der Waals surface area contributed by atoms with Crippen molar-refractivity contribution in [1.82, 2.24) is 0 Å². The average molecular weight is 447 g/mol. The molecule has 2 aromatic rings. The molecule has 3 rings (SSSR count). The molecule has 0 fully saturated rings. The van der Waals surface area contributed by atoms with E-state index in [-0.39, 0.29) is 27.6 Å². The van der Waals surface area contributed by atoms with Crippen molar-refractivity contribution in [2.45, 2.75) is 17.4 Å². The largest absolute Gasteiger partial charge is 0.493 e. The van der Waals surface area contributed by atoms with Crippen LogP contribution >= 0.6 is 23.5 Å². The molecule has 0 unspecified atom stereocenters. The molecule has 0 atom stereocenters. The van der Waals surface area contributed by atoms with E-state index in [2.05, 4.69) is 12.5 Å². The maximum Gasteiger partial charge on any atom is 0.338 e. The molecule has 1 aliphatic rings. The molecular formula is C23H23FO4S2. The first kappa shape index (κ1) is 22.4. The number of rotatable bonds is 7. The van der Waals surface area contributed by atoms with E-state index in [1.165, 1.54) is 24.3 Å². The normalized spacial score (nSPS) is 14.8. The summed E-state index contributed by atoms with van der Waals surface area (Å²) in [7, 11) is 0. The molecule has 7 heteroatoms. The Morgan fingerprint density at radius 3 is 2.57 bits per heavy atom. The Hall–Kier alpha value is -2.25. The van der Waals surface area contributed by atoms with Gasteiger partial charge in [0.15, 0.2) is 5.78 Å². The summed E-state index contributed by atoms with van der Waals surface area (Å²) < 4.78 is 24.8. The number of halogens is 1. The third-order valence-electron chi connectivity index (χ3n) is 4.95. The maximum atomic E-state index is 14.3. The minimum absolute atomic E-state index is 0.137. The van der Waals surface area contributed by atoms with Crippen LogP contribution in [0.15, 0.2) is 42.5 Å². The van der Waals surface area contributed by atoms with Crippen LogP contribution in [-0.4, -0.2) is 37.5 Å². The second kappa shape index (κ2) is 9.71. The molecule has 0 aromatic heterocycles. The fraction of sp³-hybridized carbons (Fsp3) is 0.304. The molecule has 0 aliphatic carbocycles. The second-order valence-electron chi connectivity index (χ2n) is 6.62. The van der Waals surface area contributed by atoms with Gasteiger partial charge in [0, 0.05) is 23.1 Å². The zero-order valence-corrected chi connectivity index (χ0v) is 18.7. The van der Waals surface area contributed by atoms with Crippen molar-refractivity contribution in [3.8, 4) is 5.75 Å². The van der Waals surface area contributed by atoms with E-state index in [1.807, 2.05) is 12.1 Å². The van der Waals surface area contributed by atoms with Crippen LogP contribution in [0.25, 0.3) is 6.08 Å². The van der Waals surface area contributed by atoms with Crippen molar-refractivity contribution in [3.05, 3.63) is 70.5 Å². The number of carbonyl (C=O) groups is 2. The second-order valence-corrected chi connectivity index (χ2v) is 9.09. The Labute approximate surface area is 184 Å². The summed E-state index contributed by atoms with van der Waals surface area (Å²) in [6.07, 6.45) is 7.73. The van der Waals surface area contributed by atoms with E-state index in [4.69, 9.17) is 9.47 Å². The van der Waals surface area contributed by atoms with Crippen LogP contribution in [0.3, 0.4) is 0 Å². The smallest absolute Gasteiger partial charge is 0.338 e. The summed E-state index contributed by atoms with van der Waals surface area (Å²) in [5.41, 5.74) is 1.88. The van der Waals surface area contributed by atoms with Crippen LogP contribution in [0.2, 0.25) is 0 Å². The van der Waals surface area contributed by atoms with Crippen molar-refractivity contribution in [1.29, 1.82) is 0 Å². The zero-order chi connectivity index (χ0) is 21.7. The topological polar surface area (TPSA) is 52.6 Å². The molecule has 0 amide bonds. The minimum Gasteiger partial charge on any atom is -0.493 e. The average Bonchev–Trinajstić information content (AvgIpc) is 2.77. The van der Waals surface area contributed by atoms with Gasteiger partial charge < -0.3 is 9.47 Å². The van der Waals surface area contributed by atoms with E-state index in [9.17, 15) is 14.0 Å². The summed E-state index contributed by atoms with van der Waals surface area (Å²) in [5, 5.41) is 0. The number of ketones is 1. The lowest BCUT2D eigenvalue weighted by Crippen LogP contribution is -2.26. The van der Waals surface area contributed by atoms with E-state index in [0.717, 1.165) is 23.8 Å².